The van der Waals surface area contributed by atoms with Crippen molar-refractivity contribution < 1.29 is 4.57 Å². The van der Waals surface area contributed by atoms with Gasteiger partial charge in [-0.05, 0) is 31.3 Å². The van der Waals surface area contributed by atoms with Crippen LogP contribution < -0.4 is 4.57 Å². The predicted octanol–water partition coefficient (Wildman–Crippen LogP) is 2.66. The summed E-state index contributed by atoms with van der Waals surface area (Å²) in [6, 6.07) is 6.17. The Morgan fingerprint density at radius 3 is 2.47 bits per heavy atom. The van der Waals surface area contributed by atoms with Crippen molar-refractivity contribution in [2.24, 2.45) is 17.8 Å². The highest BCUT2D eigenvalue weighted by molar-refractivity contribution is 5.37. The van der Waals surface area contributed by atoms with E-state index in [-0.39, 0.29) is 0 Å². The van der Waals surface area contributed by atoms with Gasteiger partial charge in [-0.3, -0.25) is 0 Å². The molecule has 1 aromatic rings. The fourth-order valence-electron chi connectivity index (χ4n) is 2.95. The van der Waals surface area contributed by atoms with E-state index in [0.29, 0.717) is 5.92 Å². The minimum Gasteiger partial charge on any atom is -0.171 e. The van der Waals surface area contributed by atoms with Crippen molar-refractivity contribution in [1.29, 1.82) is 0 Å². The number of rotatable bonds is 2. The normalized spacial score (nSPS) is 32.1. The molecule has 1 fully saturated rings. The highest BCUT2D eigenvalue weighted by Crippen LogP contribution is 2.46. The van der Waals surface area contributed by atoms with E-state index in [1.165, 1.54) is 18.5 Å². The molecule has 0 saturated heterocycles. The van der Waals surface area contributed by atoms with Crippen molar-refractivity contribution in [2.45, 2.75) is 12.8 Å². The Morgan fingerprint density at radius 1 is 1.07 bits per heavy atom. The number of allylic oxidation sites excluding steroid dienone is 3. The molecule has 0 aliphatic heterocycles. The maximum atomic E-state index is 4.25. The second-order valence-electron chi connectivity index (χ2n) is 4.66. The Hall–Kier alpha value is -1.37. The summed E-state index contributed by atoms with van der Waals surface area (Å²) in [6.07, 6.45) is 11.6. The third-order valence-corrected chi connectivity index (χ3v) is 3.75. The molecule has 3 rings (SSSR count). The van der Waals surface area contributed by atoms with Crippen LogP contribution in [0.1, 0.15) is 12.8 Å². The van der Waals surface area contributed by atoms with E-state index >= 15 is 0 Å². The molecule has 0 spiro atoms. The van der Waals surface area contributed by atoms with Gasteiger partial charge in [0.25, 0.3) is 0 Å². The van der Waals surface area contributed by atoms with Gasteiger partial charge in [0, 0.05) is 12.1 Å². The Bertz CT molecular complexity index is 405. The van der Waals surface area contributed by atoms with E-state index in [1.54, 1.807) is 0 Å². The first-order valence-electron chi connectivity index (χ1n) is 5.68. The van der Waals surface area contributed by atoms with Crippen LogP contribution in [0.3, 0.4) is 0 Å². The van der Waals surface area contributed by atoms with Crippen molar-refractivity contribution in [2.75, 3.05) is 0 Å². The third kappa shape index (κ3) is 1.43. The van der Waals surface area contributed by atoms with Crippen molar-refractivity contribution in [3.8, 4) is 0 Å². The van der Waals surface area contributed by atoms with Crippen LogP contribution in [0, 0.1) is 17.8 Å². The molecule has 1 saturated carbocycles. The molecule has 15 heavy (non-hydrogen) atoms. The average molecular weight is 198 g/mol. The molecule has 76 valence electrons. The monoisotopic (exact) mass is 198 g/mol. The average Bonchev–Trinajstić information content (AvgIpc) is 2.91. The molecule has 2 aliphatic rings. The van der Waals surface area contributed by atoms with Crippen LogP contribution >= 0.6 is 0 Å². The van der Waals surface area contributed by atoms with Crippen LogP contribution in [0.15, 0.2) is 49.3 Å². The quantitative estimate of drug-likeness (QED) is 0.508. The number of pyridine rings is 1. The third-order valence-electron chi connectivity index (χ3n) is 3.75. The van der Waals surface area contributed by atoms with Gasteiger partial charge in [0.1, 0.15) is 0 Å². The molecule has 1 heterocycles. The second-order valence-corrected chi connectivity index (χ2v) is 4.66. The standard InChI is InChI=1S/C14H16N/c1-11(15-7-3-2-4-8-15)14-10-12-5-6-13(14)9-12/h2-8,12-14H,1,9-10H2/q+1/t12-,13+,14+/m0/s1. The van der Waals surface area contributed by atoms with E-state index < -0.39 is 0 Å². The molecule has 0 aromatic carbocycles. The summed E-state index contributed by atoms with van der Waals surface area (Å²) < 4.78 is 2.17. The lowest BCUT2D eigenvalue weighted by molar-refractivity contribution is -0.586. The van der Waals surface area contributed by atoms with Crippen molar-refractivity contribution in [3.05, 3.63) is 49.3 Å². The lowest BCUT2D eigenvalue weighted by atomic mass is 9.91. The maximum absolute atomic E-state index is 4.25. The molecule has 1 nitrogen and oxygen atoms in total. The predicted molar refractivity (Wildman–Crippen MR) is 60.8 cm³/mol. The molecule has 0 N–H and O–H groups in total. The van der Waals surface area contributed by atoms with Crippen molar-refractivity contribution >= 4 is 5.70 Å². The van der Waals surface area contributed by atoms with Crippen LogP contribution in [0.25, 0.3) is 5.70 Å². The largest absolute Gasteiger partial charge is 0.183 e. The first-order valence-corrected chi connectivity index (χ1v) is 5.68. The van der Waals surface area contributed by atoms with E-state index in [1.807, 2.05) is 6.07 Å². The maximum Gasteiger partial charge on any atom is 0.183 e. The van der Waals surface area contributed by atoms with Crippen molar-refractivity contribution in [3.63, 3.8) is 0 Å². The summed E-state index contributed by atoms with van der Waals surface area (Å²) >= 11 is 0. The van der Waals surface area contributed by atoms with Gasteiger partial charge >= 0.3 is 0 Å². The zero-order valence-electron chi connectivity index (χ0n) is 8.84. The summed E-state index contributed by atoms with van der Waals surface area (Å²) in [5.74, 6) is 2.23. The zero-order chi connectivity index (χ0) is 10.3. The minimum absolute atomic E-state index is 0.660. The van der Waals surface area contributed by atoms with Crippen LogP contribution in [-0.4, -0.2) is 0 Å². The second kappa shape index (κ2) is 3.34. The van der Waals surface area contributed by atoms with E-state index in [4.69, 9.17) is 0 Å². The summed E-state index contributed by atoms with van der Waals surface area (Å²) in [5, 5.41) is 0. The van der Waals surface area contributed by atoms with E-state index in [9.17, 15) is 0 Å². The molecule has 3 atom stereocenters. The fourth-order valence-corrected chi connectivity index (χ4v) is 2.95. The highest BCUT2D eigenvalue weighted by atomic mass is 15.0. The molecule has 0 radical (unpaired) electrons. The Kier molecular flexibility index (Phi) is 1.98. The smallest absolute Gasteiger partial charge is 0.171 e. The van der Waals surface area contributed by atoms with Gasteiger partial charge in [0.15, 0.2) is 18.1 Å². The molecular weight excluding hydrogens is 182 g/mol. The van der Waals surface area contributed by atoms with E-state index in [0.717, 1.165) is 11.8 Å². The Balaban J connectivity index is 1.85. The number of aromatic nitrogens is 1. The van der Waals surface area contributed by atoms with Crippen LogP contribution in [0.2, 0.25) is 0 Å². The molecule has 1 heteroatoms. The van der Waals surface area contributed by atoms with Crippen molar-refractivity contribution in [1.82, 2.24) is 0 Å². The molecule has 2 aliphatic carbocycles. The van der Waals surface area contributed by atoms with Crippen LogP contribution in [0.5, 0.6) is 0 Å². The lowest BCUT2D eigenvalue weighted by Gasteiger charge is -2.15. The molecular formula is C14H16N+. The molecule has 0 amide bonds. The van der Waals surface area contributed by atoms with Gasteiger partial charge in [-0.25, -0.2) is 0 Å². The molecule has 2 bridgehead atoms. The van der Waals surface area contributed by atoms with E-state index in [2.05, 4.69) is 47.8 Å². The molecule has 0 unspecified atom stereocenters. The zero-order valence-corrected chi connectivity index (χ0v) is 8.84. The fraction of sp³-hybridized carbons (Fsp3) is 0.357. The number of hydrogen-bond acceptors (Lipinski definition) is 0. The van der Waals surface area contributed by atoms with Gasteiger partial charge < -0.3 is 0 Å². The molecule has 1 aromatic heterocycles. The Morgan fingerprint density at radius 2 is 1.87 bits per heavy atom. The summed E-state index contributed by atoms with van der Waals surface area (Å²) in [5.41, 5.74) is 1.26. The van der Waals surface area contributed by atoms with Gasteiger partial charge in [-0.1, -0.05) is 18.2 Å². The van der Waals surface area contributed by atoms with Gasteiger partial charge in [0.2, 0.25) is 0 Å². The minimum atomic E-state index is 0.660. The SMILES string of the molecule is C=C([C@H]1C[C@H]2C=C[C@@H]1C2)[n+]1ccccc1. The number of nitrogens with zero attached hydrogens (tertiary/aromatic N) is 1. The Labute approximate surface area is 90.8 Å². The van der Waals surface area contributed by atoms with Gasteiger partial charge in [-0.2, -0.15) is 4.57 Å². The van der Waals surface area contributed by atoms with Crippen LogP contribution in [0.4, 0.5) is 0 Å². The topological polar surface area (TPSA) is 3.88 Å². The highest BCUT2D eigenvalue weighted by Gasteiger charge is 2.40. The summed E-state index contributed by atoms with van der Waals surface area (Å²) in [6.45, 7) is 4.25. The van der Waals surface area contributed by atoms with Gasteiger partial charge in [0.05, 0.1) is 5.92 Å². The first kappa shape index (κ1) is 8.90. The van der Waals surface area contributed by atoms with Gasteiger partial charge in [-0.15, -0.1) is 0 Å². The number of fused-ring (bicyclic) bond motifs is 2. The summed E-state index contributed by atoms with van der Waals surface area (Å²) in [7, 11) is 0. The van der Waals surface area contributed by atoms with Crippen LogP contribution in [-0.2, 0) is 0 Å². The first-order chi connectivity index (χ1) is 7.34. The summed E-state index contributed by atoms with van der Waals surface area (Å²) in [4.78, 5) is 0. The lowest BCUT2D eigenvalue weighted by Crippen LogP contribution is -2.35. The number of hydrogen-bond donors (Lipinski definition) is 0.